The molecular weight excluding hydrogens is 228 g/mol. The van der Waals surface area contributed by atoms with Crippen molar-refractivity contribution in [3.8, 4) is 0 Å². The van der Waals surface area contributed by atoms with Crippen LogP contribution in [0.4, 0.5) is 0 Å². The van der Waals surface area contributed by atoms with Gasteiger partial charge in [0.2, 0.25) is 0 Å². The van der Waals surface area contributed by atoms with E-state index in [1.165, 1.54) is 18.4 Å². The Morgan fingerprint density at radius 1 is 1.39 bits per heavy atom. The van der Waals surface area contributed by atoms with E-state index in [0.29, 0.717) is 0 Å². The molecular formula is C14H24N2O2. The largest absolute Gasteiger partial charge is 0.468 e. The van der Waals surface area contributed by atoms with Crippen LogP contribution in [0.15, 0.2) is 16.7 Å². The van der Waals surface area contributed by atoms with Crippen molar-refractivity contribution in [3.63, 3.8) is 0 Å². The zero-order valence-corrected chi connectivity index (χ0v) is 11.4. The van der Waals surface area contributed by atoms with Gasteiger partial charge in [0.15, 0.2) is 0 Å². The smallest absolute Gasteiger partial charge is 0.118 e. The molecule has 0 aliphatic carbocycles. The molecule has 0 spiro atoms. The molecule has 4 nitrogen and oxygen atoms in total. The van der Waals surface area contributed by atoms with E-state index in [9.17, 15) is 0 Å². The van der Waals surface area contributed by atoms with Gasteiger partial charge in [-0.15, -0.1) is 0 Å². The Morgan fingerprint density at radius 2 is 2.17 bits per heavy atom. The zero-order chi connectivity index (χ0) is 12.8. The van der Waals surface area contributed by atoms with Gasteiger partial charge in [-0.05, 0) is 38.9 Å². The molecule has 0 amide bonds. The number of nitrogens with one attached hydrogen (secondary N) is 1. The molecule has 4 heteroatoms. The van der Waals surface area contributed by atoms with Crippen LogP contribution in [0.3, 0.4) is 0 Å². The zero-order valence-electron chi connectivity index (χ0n) is 11.4. The Balaban J connectivity index is 1.76. The highest BCUT2D eigenvalue weighted by Gasteiger charge is 2.16. The number of ether oxygens (including phenoxy) is 1. The molecule has 1 aromatic heterocycles. The first kappa shape index (κ1) is 13.6. The third kappa shape index (κ3) is 4.12. The van der Waals surface area contributed by atoms with Crippen molar-refractivity contribution in [1.82, 2.24) is 10.2 Å². The normalized spacial score (nSPS) is 17.5. The maximum atomic E-state index is 5.57. The van der Waals surface area contributed by atoms with Gasteiger partial charge in [-0.2, -0.15) is 0 Å². The van der Waals surface area contributed by atoms with Gasteiger partial charge in [0.25, 0.3) is 0 Å². The summed E-state index contributed by atoms with van der Waals surface area (Å²) in [6.07, 6.45) is 4.22. The fraction of sp³-hybridized carbons (Fsp3) is 0.714. The predicted octanol–water partition coefficient (Wildman–Crippen LogP) is 1.86. The molecule has 102 valence electrons. The second kappa shape index (κ2) is 6.92. The highest BCUT2D eigenvalue weighted by molar-refractivity contribution is 5.12. The third-order valence-corrected chi connectivity index (χ3v) is 3.43. The quantitative estimate of drug-likeness (QED) is 0.838. The molecule has 0 bridgehead atoms. The van der Waals surface area contributed by atoms with E-state index in [0.717, 1.165) is 44.5 Å². The van der Waals surface area contributed by atoms with Crippen molar-refractivity contribution in [2.75, 3.05) is 33.9 Å². The number of hydrogen-bond donors (Lipinski definition) is 1. The average Bonchev–Trinajstić information content (AvgIpc) is 2.78. The van der Waals surface area contributed by atoms with Gasteiger partial charge < -0.3 is 14.5 Å². The standard InChI is InChI=1S/C14H24N2O2/c1-15-8-13-7-14(18-11-13)10-16(2)9-12-3-5-17-6-4-12/h7,11-12,15H,3-6,8-10H2,1-2H3. The molecule has 0 unspecified atom stereocenters. The van der Waals surface area contributed by atoms with Crippen LogP contribution in [0.5, 0.6) is 0 Å². The van der Waals surface area contributed by atoms with Crippen LogP contribution < -0.4 is 5.32 Å². The second-order valence-corrected chi connectivity index (χ2v) is 5.20. The maximum Gasteiger partial charge on any atom is 0.118 e. The molecule has 0 radical (unpaired) electrons. The summed E-state index contributed by atoms with van der Waals surface area (Å²) in [6.45, 7) is 4.73. The van der Waals surface area contributed by atoms with Crippen molar-refractivity contribution in [2.45, 2.75) is 25.9 Å². The summed E-state index contributed by atoms with van der Waals surface area (Å²) in [7, 11) is 4.11. The van der Waals surface area contributed by atoms with E-state index in [1.807, 2.05) is 13.3 Å². The molecule has 1 aromatic rings. The predicted molar refractivity (Wildman–Crippen MR) is 71.3 cm³/mol. The molecule has 1 aliphatic heterocycles. The number of furan rings is 1. The van der Waals surface area contributed by atoms with Crippen LogP contribution in [0.1, 0.15) is 24.2 Å². The Labute approximate surface area is 109 Å². The summed E-state index contributed by atoms with van der Waals surface area (Å²) in [6, 6.07) is 2.14. The summed E-state index contributed by atoms with van der Waals surface area (Å²) in [5.41, 5.74) is 1.21. The van der Waals surface area contributed by atoms with E-state index in [4.69, 9.17) is 9.15 Å². The summed E-state index contributed by atoms with van der Waals surface area (Å²) in [5.74, 6) is 1.82. The minimum absolute atomic E-state index is 0.774. The monoisotopic (exact) mass is 252 g/mol. The van der Waals surface area contributed by atoms with Crippen molar-refractivity contribution < 1.29 is 9.15 Å². The van der Waals surface area contributed by atoms with Crippen LogP contribution >= 0.6 is 0 Å². The van der Waals surface area contributed by atoms with Gasteiger partial charge in [-0.1, -0.05) is 0 Å². The summed E-state index contributed by atoms with van der Waals surface area (Å²) < 4.78 is 11.0. The summed E-state index contributed by atoms with van der Waals surface area (Å²) in [5, 5.41) is 3.13. The molecule has 18 heavy (non-hydrogen) atoms. The lowest BCUT2D eigenvalue weighted by Crippen LogP contribution is -2.29. The van der Waals surface area contributed by atoms with E-state index in [1.54, 1.807) is 0 Å². The lowest BCUT2D eigenvalue weighted by molar-refractivity contribution is 0.0543. The van der Waals surface area contributed by atoms with Crippen LogP contribution in [0.2, 0.25) is 0 Å². The lowest BCUT2D eigenvalue weighted by Gasteiger charge is -2.26. The van der Waals surface area contributed by atoms with Gasteiger partial charge in [0.1, 0.15) is 5.76 Å². The molecule has 1 fully saturated rings. The highest BCUT2D eigenvalue weighted by Crippen LogP contribution is 2.17. The van der Waals surface area contributed by atoms with Crippen LogP contribution in [-0.4, -0.2) is 38.8 Å². The van der Waals surface area contributed by atoms with Crippen LogP contribution in [0, 0.1) is 5.92 Å². The van der Waals surface area contributed by atoms with E-state index in [-0.39, 0.29) is 0 Å². The first-order valence-electron chi connectivity index (χ1n) is 6.75. The Morgan fingerprint density at radius 3 is 2.89 bits per heavy atom. The maximum absolute atomic E-state index is 5.57. The average molecular weight is 252 g/mol. The van der Waals surface area contributed by atoms with Crippen LogP contribution in [0.25, 0.3) is 0 Å². The minimum Gasteiger partial charge on any atom is -0.468 e. The second-order valence-electron chi connectivity index (χ2n) is 5.20. The van der Waals surface area contributed by atoms with Gasteiger partial charge >= 0.3 is 0 Å². The lowest BCUT2D eigenvalue weighted by atomic mass is 10.00. The third-order valence-electron chi connectivity index (χ3n) is 3.43. The number of hydrogen-bond acceptors (Lipinski definition) is 4. The SMILES string of the molecule is CNCc1coc(CN(C)CC2CCOCC2)c1. The summed E-state index contributed by atoms with van der Waals surface area (Å²) >= 11 is 0. The molecule has 1 saturated heterocycles. The molecule has 0 atom stereocenters. The fourth-order valence-electron chi connectivity index (χ4n) is 2.51. The van der Waals surface area contributed by atoms with Crippen molar-refractivity contribution >= 4 is 0 Å². The Bertz CT molecular complexity index is 345. The highest BCUT2D eigenvalue weighted by atomic mass is 16.5. The minimum atomic E-state index is 0.774. The van der Waals surface area contributed by atoms with Gasteiger partial charge in [0.05, 0.1) is 12.8 Å². The first-order valence-corrected chi connectivity index (χ1v) is 6.75. The fourth-order valence-corrected chi connectivity index (χ4v) is 2.51. The Kier molecular flexibility index (Phi) is 5.23. The van der Waals surface area contributed by atoms with Gasteiger partial charge in [-0.25, -0.2) is 0 Å². The van der Waals surface area contributed by atoms with Crippen molar-refractivity contribution in [3.05, 3.63) is 23.7 Å². The topological polar surface area (TPSA) is 37.6 Å². The Hall–Kier alpha value is -0.840. The molecule has 1 aliphatic rings. The molecule has 0 saturated carbocycles. The van der Waals surface area contributed by atoms with E-state index < -0.39 is 0 Å². The number of rotatable bonds is 6. The molecule has 0 aromatic carbocycles. The summed E-state index contributed by atoms with van der Waals surface area (Å²) in [4.78, 5) is 2.35. The van der Waals surface area contributed by atoms with Crippen LogP contribution in [-0.2, 0) is 17.8 Å². The molecule has 2 heterocycles. The van der Waals surface area contributed by atoms with E-state index in [2.05, 4.69) is 23.3 Å². The van der Waals surface area contributed by atoms with Gasteiger partial charge in [0, 0.05) is 31.9 Å². The van der Waals surface area contributed by atoms with Gasteiger partial charge in [-0.3, -0.25) is 4.90 Å². The van der Waals surface area contributed by atoms with Crippen molar-refractivity contribution in [2.24, 2.45) is 5.92 Å². The molecule has 1 N–H and O–H groups in total. The number of nitrogens with zero attached hydrogens (tertiary/aromatic N) is 1. The first-order chi connectivity index (χ1) is 8.78. The van der Waals surface area contributed by atoms with E-state index >= 15 is 0 Å². The molecule has 2 rings (SSSR count). The van der Waals surface area contributed by atoms with Crippen molar-refractivity contribution in [1.29, 1.82) is 0 Å².